The molecule has 0 fully saturated rings. The molecule has 0 amide bonds. The average molecular weight is 362 g/mol. The Balaban J connectivity index is 2.64. The van der Waals surface area contributed by atoms with Crippen molar-refractivity contribution >= 4 is 21.7 Å². The second-order valence-electron chi connectivity index (χ2n) is 5.21. The Kier molecular flexibility index (Phi) is 7.23. The molecule has 0 heterocycles. The van der Waals surface area contributed by atoms with Gasteiger partial charge in [-0.3, -0.25) is 14.9 Å². The number of nitro benzene ring substituents is 1. The summed E-state index contributed by atoms with van der Waals surface area (Å²) in [5, 5.41) is 10.5. The van der Waals surface area contributed by atoms with Crippen molar-refractivity contribution < 1.29 is 27.3 Å². The van der Waals surface area contributed by atoms with Crippen LogP contribution in [0.2, 0.25) is 0 Å². The van der Waals surface area contributed by atoms with Crippen molar-refractivity contribution in [3.05, 3.63) is 34.1 Å². The van der Waals surface area contributed by atoms with Gasteiger partial charge >= 0.3 is 11.7 Å². The Hall–Kier alpha value is -2.07. The van der Waals surface area contributed by atoms with Gasteiger partial charge in [-0.1, -0.05) is 6.42 Å². The first kappa shape index (κ1) is 20.0. The van der Waals surface area contributed by atoms with E-state index in [0.29, 0.717) is 25.3 Å². The van der Waals surface area contributed by atoms with E-state index in [1.54, 1.807) is 6.92 Å². The van der Waals surface area contributed by atoms with Crippen LogP contribution in [-0.4, -0.2) is 32.5 Å². The number of unbranched alkanes of at least 4 members (excludes halogenated alkanes) is 1. The van der Waals surface area contributed by atoms with Gasteiger partial charge < -0.3 is 4.74 Å². The van der Waals surface area contributed by atoms with Crippen molar-refractivity contribution in [2.24, 2.45) is 0 Å². The van der Waals surface area contributed by atoms with Crippen molar-refractivity contribution in [1.82, 2.24) is 4.72 Å². The zero-order valence-electron chi connectivity index (χ0n) is 13.3. The van der Waals surface area contributed by atoms with E-state index < -0.39 is 32.5 Å². The number of nitrogens with zero attached hydrogens (tertiary/aromatic N) is 1. The topological polar surface area (TPSA) is 116 Å². The lowest BCUT2D eigenvalue weighted by Crippen LogP contribution is -2.32. The highest BCUT2D eigenvalue weighted by Crippen LogP contribution is 2.21. The van der Waals surface area contributed by atoms with Gasteiger partial charge in [0.15, 0.2) is 0 Å². The Morgan fingerprint density at radius 1 is 1.42 bits per heavy atom. The monoisotopic (exact) mass is 362 g/mol. The number of ether oxygens (including phenoxy) is 1. The molecule has 134 valence electrons. The molecule has 1 aromatic carbocycles. The van der Waals surface area contributed by atoms with Crippen molar-refractivity contribution in [3.63, 3.8) is 0 Å². The van der Waals surface area contributed by atoms with E-state index in [1.807, 2.05) is 0 Å². The Morgan fingerprint density at radius 3 is 2.62 bits per heavy atom. The number of methoxy groups -OCH3 is 1. The van der Waals surface area contributed by atoms with E-state index in [2.05, 4.69) is 9.46 Å². The number of nitrogens with one attached hydrogen (secondary N) is 1. The summed E-state index contributed by atoms with van der Waals surface area (Å²) >= 11 is 0. The molecule has 0 aliphatic heterocycles. The normalized spacial score (nSPS) is 12.6. The number of carbonyl (C=O) groups excluding carboxylic acids is 1. The van der Waals surface area contributed by atoms with Crippen molar-refractivity contribution in [2.75, 3.05) is 7.11 Å². The first-order valence-electron chi connectivity index (χ1n) is 7.20. The fourth-order valence-electron chi connectivity index (χ4n) is 2.02. The molecule has 0 aromatic heterocycles. The molecule has 0 radical (unpaired) electrons. The highest BCUT2D eigenvalue weighted by molar-refractivity contribution is 7.89. The van der Waals surface area contributed by atoms with Gasteiger partial charge in [0.1, 0.15) is 0 Å². The summed E-state index contributed by atoms with van der Waals surface area (Å²) in [7, 11) is -2.69. The van der Waals surface area contributed by atoms with Crippen LogP contribution in [0.25, 0.3) is 0 Å². The maximum Gasteiger partial charge on any atom is 0.305 e. The largest absolute Gasteiger partial charge is 0.469 e. The molecule has 0 aliphatic rings. The van der Waals surface area contributed by atoms with Crippen LogP contribution in [0.4, 0.5) is 10.1 Å². The highest BCUT2D eigenvalue weighted by Gasteiger charge is 2.22. The molecule has 1 rings (SSSR count). The van der Waals surface area contributed by atoms with E-state index in [0.717, 1.165) is 12.1 Å². The lowest BCUT2D eigenvalue weighted by atomic mass is 10.1. The summed E-state index contributed by atoms with van der Waals surface area (Å²) in [5.74, 6) is -1.54. The minimum atomic E-state index is -3.99. The molecular weight excluding hydrogens is 343 g/mol. The maximum atomic E-state index is 13.5. The van der Waals surface area contributed by atoms with Gasteiger partial charge in [-0.25, -0.2) is 13.1 Å². The quantitative estimate of drug-likeness (QED) is 0.311. The second-order valence-corrected chi connectivity index (χ2v) is 6.93. The number of halogens is 1. The van der Waals surface area contributed by atoms with Gasteiger partial charge in [-0.15, -0.1) is 0 Å². The Labute approximate surface area is 139 Å². The lowest BCUT2D eigenvalue weighted by Gasteiger charge is -2.14. The van der Waals surface area contributed by atoms with E-state index in [4.69, 9.17) is 0 Å². The molecule has 0 bridgehead atoms. The summed E-state index contributed by atoms with van der Waals surface area (Å²) < 4.78 is 44.7. The molecule has 8 nitrogen and oxygen atoms in total. The molecule has 0 saturated heterocycles. The molecule has 1 aromatic rings. The molecule has 1 atom stereocenters. The van der Waals surface area contributed by atoms with E-state index in [9.17, 15) is 27.7 Å². The third-order valence-corrected chi connectivity index (χ3v) is 4.87. The van der Waals surface area contributed by atoms with Crippen LogP contribution >= 0.6 is 0 Å². The van der Waals surface area contributed by atoms with Crippen molar-refractivity contribution in [3.8, 4) is 0 Å². The smallest absolute Gasteiger partial charge is 0.305 e. The second kappa shape index (κ2) is 8.69. The fourth-order valence-corrected chi connectivity index (χ4v) is 3.31. The number of nitro groups is 1. The fraction of sp³-hybridized carbons (Fsp3) is 0.500. The van der Waals surface area contributed by atoms with Gasteiger partial charge in [0.25, 0.3) is 0 Å². The summed E-state index contributed by atoms with van der Waals surface area (Å²) in [6, 6.07) is 1.97. The van der Waals surface area contributed by atoms with Crippen LogP contribution in [-0.2, 0) is 19.6 Å². The number of esters is 1. The van der Waals surface area contributed by atoms with Crippen molar-refractivity contribution in [2.45, 2.75) is 43.5 Å². The van der Waals surface area contributed by atoms with E-state index in [1.165, 1.54) is 7.11 Å². The van der Waals surface area contributed by atoms with Gasteiger partial charge in [0.2, 0.25) is 15.8 Å². The maximum absolute atomic E-state index is 13.5. The third kappa shape index (κ3) is 5.85. The minimum absolute atomic E-state index is 0.254. The van der Waals surface area contributed by atoms with Gasteiger partial charge in [-0.05, 0) is 25.8 Å². The number of carbonyl (C=O) groups is 1. The number of hydrogen-bond acceptors (Lipinski definition) is 6. The van der Waals surface area contributed by atoms with E-state index in [-0.39, 0.29) is 17.3 Å². The number of sulfonamides is 1. The third-order valence-electron chi connectivity index (χ3n) is 3.28. The Morgan fingerprint density at radius 2 is 2.08 bits per heavy atom. The van der Waals surface area contributed by atoms with E-state index >= 15 is 0 Å². The van der Waals surface area contributed by atoms with Crippen LogP contribution in [0.3, 0.4) is 0 Å². The summed E-state index contributed by atoms with van der Waals surface area (Å²) in [4.78, 5) is 20.2. The predicted octanol–water partition coefficient (Wildman–Crippen LogP) is 2.13. The number of hydrogen-bond donors (Lipinski definition) is 1. The first-order chi connectivity index (χ1) is 11.2. The molecule has 10 heteroatoms. The molecule has 0 saturated carbocycles. The molecule has 0 spiro atoms. The summed E-state index contributed by atoms with van der Waals surface area (Å²) in [5.41, 5.74) is -0.787. The van der Waals surface area contributed by atoms with Crippen molar-refractivity contribution in [1.29, 1.82) is 0 Å². The zero-order chi connectivity index (χ0) is 18.3. The average Bonchev–Trinajstić information content (AvgIpc) is 2.50. The molecule has 1 N–H and O–H groups in total. The predicted molar refractivity (Wildman–Crippen MR) is 83.3 cm³/mol. The minimum Gasteiger partial charge on any atom is -0.469 e. The standard InChI is InChI=1S/C14H19FN2O6S/c1-10(5-3-4-6-14(18)23-2)16-24(21,22)11-7-8-13(17(19)20)12(15)9-11/h7-10,16H,3-6H2,1-2H3. The van der Waals surface area contributed by atoms with Gasteiger partial charge in [0.05, 0.1) is 16.9 Å². The van der Waals surface area contributed by atoms with Gasteiger partial charge in [0, 0.05) is 24.6 Å². The first-order valence-corrected chi connectivity index (χ1v) is 8.68. The highest BCUT2D eigenvalue weighted by atomic mass is 32.2. The van der Waals surface area contributed by atoms with Crippen LogP contribution < -0.4 is 4.72 Å². The number of benzene rings is 1. The molecule has 0 aliphatic carbocycles. The lowest BCUT2D eigenvalue weighted by molar-refractivity contribution is -0.387. The summed E-state index contributed by atoms with van der Waals surface area (Å²) in [6.07, 6.45) is 1.90. The van der Waals surface area contributed by atoms with Crippen LogP contribution in [0.15, 0.2) is 23.1 Å². The molecular formula is C14H19FN2O6S. The van der Waals surface area contributed by atoms with Gasteiger partial charge in [-0.2, -0.15) is 4.39 Å². The SMILES string of the molecule is COC(=O)CCCCC(C)NS(=O)(=O)c1ccc([N+](=O)[O-])c(F)c1. The molecule has 1 unspecified atom stereocenters. The number of rotatable bonds is 9. The van der Waals surface area contributed by atoms with Crippen LogP contribution in [0, 0.1) is 15.9 Å². The van der Waals surface area contributed by atoms with Crippen LogP contribution in [0.5, 0.6) is 0 Å². The molecule has 24 heavy (non-hydrogen) atoms. The van der Waals surface area contributed by atoms with Crippen LogP contribution in [0.1, 0.15) is 32.6 Å². The zero-order valence-corrected chi connectivity index (χ0v) is 14.1. The summed E-state index contributed by atoms with van der Waals surface area (Å²) in [6.45, 7) is 1.64. The Bertz CT molecular complexity index is 707.